The van der Waals surface area contributed by atoms with E-state index in [0.717, 1.165) is 31.3 Å². The van der Waals surface area contributed by atoms with Crippen molar-refractivity contribution < 1.29 is 0 Å². The summed E-state index contributed by atoms with van der Waals surface area (Å²) in [7, 11) is 0. The van der Waals surface area contributed by atoms with Crippen LogP contribution in [0, 0.1) is 0 Å². The van der Waals surface area contributed by atoms with Crippen LogP contribution in [0.3, 0.4) is 0 Å². The highest BCUT2D eigenvalue weighted by Gasteiger charge is 2.24. The molecule has 1 atom stereocenters. The predicted molar refractivity (Wildman–Crippen MR) is 91.3 cm³/mol. The zero-order valence-corrected chi connectivity index (χ0v) is 14.3. The van der Waals surface area contributed by atoms with E-state index >= 15 is 0 Å². The van der Waals surface area contributed by atoms with E-state index < -0.39 is 0 Å². The molecular formula is C16H23ClN6. The number of fused-ring (bicyclic) bond motifs is 1. The molecular weight excluding hydrogens is 312 g/mol. The fourth-order valence-corrected chi connectivity index (χ4v) is 3.91. The molecule has 1 aliphatic heterocycles. The molecule has 2 aromatic heterocycles. The van der Waals surface area contributed by atoms with Crippen LogP contribution >= 0.6 is 11.6 Å². The van der Waals surface area contributed by atoms with Gasteiger partial charge in [0.25, 0.3) is 5.78 Å². The first-order chi connectivity index (χ1) is 11.2. The first-order valence-corrected chi connectivity index (χ1v) is 9.00. The summed E-state index contributed by atoms with van der Waals surface area (Å²) in [4.78, 5) is 11.4. The third kappa shape index (κ3) is 3.02. The Morgan fingerprint density at radius 2 is 2.04 bits per heavy atom. The van der Waals surface area contributed by atoms with Crippen molar-refractivity contribution in [2.24, 2.45) is 0 Å². The highest BCUT2D eigenvalue weighted by Crippen LogP contribution is 2.31. The van der Waals surface area contributed by atoms with Crippen molar-refractivity contribution in [3.8, 4) is 0 Å². The number of rotatable bonds is 2. The fourth-order valence-electron chi connectivity index (χ4n) is 3.74. The van der Waals surface area contributed by atoms with E-state index in [1.807, 2.05) is 10.6 Å². The Labute approximate surface area is 141 Å². The van der Waals surface area contributed by atoms with Gasteiger partial charge in [0.15, 0.2) is 5.82 Å². The van der Waals surface area contributed by atoms with Crippen molar-refractivity contribution in [2.75, 3.05) is 24.5 Å². The maximum absolute atomic E-state index is 6.24. The molecule has 1 saturated heterocycles. The lowest BCUT2D eigenvalue weighted by molar-refractivity contribution is 0.428. The Morgan fingerprint density at radius 1 is 1.22 bits per heavy atom. The van der Waals surface area contributed by atoms with Gasteiger partial charge in [-0.25, -0.2) is 0 Å². The fraction of sp³-hybridized carbons (Fsp3) is 0.688. The van der Waals surface area contributed by atoms with Gasteiger partial charge in [0.1, 0.15) is 11.0 Å². The third-order valence-corrected chi connectivity index (χ3v) is 5.14. The summed E-state index contributed by atoms with van der Waals surface area (Å²) in [6, 6.07) is 2.36. The van der Waals surface area contributed by atoms with Gasteiger partial charge >= 0.3 is 0 Å². The molecule has 1 aliphatic carbocycles. The summed E-state index contributed by atoms with van der Waals surface area (Å²) in [5.41, 5.74) is 0. The lowest BCUT2D eigenvalue weighted by Gasteiger charge is -2.33. The summed E-state index contributed by atoms with van der Waals surface area (Å²) in [6.45, 7) is 5.04. The molecule has 1 saturated carbocycles. The van der Waals surface area contributed by atoms with Crippen molar-refractivity contribution in [3.63, 3.8) is 0 Å². The molecule has 1 N–H and O–H groups in total. The molecule has 0 aromatic carbocycles. The van der Waals surface area contributed by atoms with E-state index in [0.29, 0.717) is 22.9 Å². The number of hydrogen-bond donors (Lipinski definition) is 1. The second kappa shape index (κ2) is 6.24. The summed E-state index contributed by atoms with van der Waals surface area (Å²) in [5.74, 6) is 3.03. The minimum Gasteiger partial charge on any atom is -0.354 e. The van der Waals surface area contributed by atoms with Crippen LogP contribution in [0.4, 0.5) is 5.82 Å². The van der Waals surface area contributed by atoms with E-state index in [1.165, 1.54) is 32.1 Å². The lowest BCUT2D eigenvalue weighted by atomic mass is 9.89. The molecule has 3 heterocycles. The molecule has 6 nitrogen and oxygen atoms in total. The van der Waals surface area contributed by atoms with Crippen LogP contribution < -0.4 is 10.2 Å². The number of hydrogen-bond acceptors (Lipinski definition) is 5. The van der Waals surface area contributed by atoms with Crippen LogP contribution in [0.15, 0.2) is 6.07 Å². The molecule has 2 aromatic rings. The first kappa shape index (κ1) is 15.1. The van der Waals surface area contributed by atoms with Crippen molar-refractivity contribution in [3.05, 3.63) is 17.0 Å². The molecule has 0 radical (unpaired) electrons. The Kier molecular flexibility index (Phi) is 4.11. The average molecular weight is 335 g/mol. The maximum atomic E-state index is 6.24. The van der Waals surface area contributed by atoms with Gasteiger partial charge in [-0.15, -0.1) is 5.10 Å². The Balaban J connectivity index is 1.73. The van der Waals surface area contributed by atoms with Crippen molar-refractivity contribution in [2.45, 2.75) is 51.0 Å². The third-order valence-electron chi connectivity index (χ3n) is 4.94. The standard InChI is InChI=1S/C16H23ClN6/c1-11-10-22(8-7-18-11)14-9-13(17)19-16-20-15(21-23(14)16)12-5-3-2-4-6-12/h9,11-12,18H,2-8,10H2,1H3. The van der Waals surface area contributed by atoms with Gasteiger partial charge in [-0.1, -0.05) is 30.9 Å². The van der Waals surface area contributed by atoms with Gasteiger partial charge in [-0.05, 0) is 19.8 Å². The summed E-state index contributed by atoms with van der Waals surface area (Å²) >= 11 is 6.24. The van der Waals surface area contributed by atoms with Crippen LogP contribution in [0.2, 0.25) is 5.15 Å². The quantitative estimate of drug-likeness (QED) is 0.855. The SMILES string of the molecule is CC1CN(c2cc(Cl)nc3nc(C4CCCCC4)nn23)CCN1. The zero-order valence-electron chi connectivity index (χ0n) is 13.5. The van der Waals surface area contributed by atoms with Gasteiger partial charge in [0.05, 0.1) is 0 Å². The van der Waals surface area contributed by atoms with Crippen molar-refractivity contribution in [1.29, 1.82) is 0 Å². The van der Waals surface area contributed by atoms with E-state index in [4.69, 9.17) is 16.7 Å². The zero-order chi connectivity index (χ0) is 15.8. The Morgan fingerprint density at radius 3 is 2.83 bits per heavy atom. The molecule has 2 aliphatic rings. The van der Waals surface area contributed by atoms with Gasteiger partial charge in [-0.3, -0.25) is 0 Å². The second-order valence-corrected chi connectivity index (χ2v) is 7.14. The van der Waals surface area contributed by atoms with Crippen LogP contribution in [0.25, 0.3) is 5.78 Å². The smallest absolute Gasteiger partial charge is 0.255 e. The summed E-state index contributed by atoms with van der Waals surface area (Å²) in [6.07, 6.45) is 6.25. The topological polar surface area (TPSA) is 58.4 Å². The van der Waals surface area contributed by atoms with Gasteiger partial charge in [0.2, 0.25) is 0 Å². The van der Waals surface area contributed by atoms with Gasteiger partial charge in [-0.2, -0.15) is 14.5 Å². The number of aromatic nitrogens is 4. The van der Waals surface area contributed by atoms with E-state index in [-0.39, 0.29) is 0 Å². The number of anilines is 1. The average Bonchev–Trinajstić information content (AvgIpc) is 2.98. The Hall–Kier alpha value is -1.40. The maximum Gasteiger partial charge on any atom is 0.255 e. The molecule has 2 fully saturated rings. The molecule has 124 valence electrons. The lowest BCUT2D eigenvalue weighted by Crippen LogP contribution is -2.49. The predicted octanol–water partition coefficient (Wildman–Crippen LogP) is 2.62. The van der Waals surface area contributed by atoms with Gasteiger partial charge < -0.3 is 10.2 Å². The van der Waals surface area contributed by atoms with E-state index in [1.54, 1.807) is 0 Å². The number of halogens is 1. The molecule has 0 amide bonds. The second-order valence-electron chi connectivity index (χ2n) is 6.75. The van der Waals surface area contributed by atoms with Crippen LogP contribution in [-0.2, 0) is 0 Å². The summed E-state index contributed by atoms with van der Waals surface area (Å²) < 4.78 is 1.88. The van der Waals surface area contributed by atoms with Crippen LogP contribution in [0.1, 0.15) is 50.8 Å². The minimum atomic E-state index is 0.451. The largest absolute Gasteiger partial charge is 0.354 e. The normalized spacial score (nSPS) is 23.6. The monoisotopic (exact) mass is 334 g/mol. The first-order valence-electron chi connectivity index (χ1n) is 8.62. The molecule has 7 heteroatoms. The highest BCUT2D eigenvalue weighted by atomic mass is 35.5. The molecule has 0 spiro atoms. The van der Waals surface area contributed by atoms with E-state index in [9.17, 15) is 0 Å². The number of nitrogens with zero attached hydrogens (tertiary/aromatic N) is 5. The van der Waals surface area contributed by atoms with E-state index in [2.05, 4.69) is 27.1 Å². The molecule has 4 rings (SSSR count). The van der Waals surface area contributed by atoms with Crippen LogP contribution in [-0.4, -0.2) is 45.3 Å². The minimum absolute atomic E-state index is 0.451. The number of piperazine rings is 1. The Bertz CT molecular complexity index is 693. The van der Waals surface area contributed by atoms with Crippen molar-refractivity contribution in [1.82, 2.24) is 24.9 Å². The summed E-state index contributed by atoms with van der Waals surface area (Å²) in [5, 5.41) is 8.75. The molecule has 23 heavy (non-hydrogen) atoms. The molecule has 0 bridgehead atoms. The highest BCUT2D eigenvalue weighted by molar-refractivity contribution is 6.29. The molecule has 1 unspecified atom stereocenters. The number of nitrogens with one attached hydrogen (secondary N) is 1. The van der Waals surface area contributed by atoms with Crippen LogP contribution in [0.5, 0.6) is 0 Å². The van der Waals surface area contributed by atoms with Crippen molar-refractivity contribution >= 4 is 23.2 Å². The van der Waals surface area contributed by atoms with Gasteiger partial charge in [0, 0.05) is 37.7 Å².